The second-order valence-electron chi connectivity index (χ2n) is 8.07. The lowest BCUT2D eigenvalue weighted by Crippen LogP contribution is -2.49. The highest BCUT2D eigenvalue weighted by atomic mass is 19.4. The van der Waals surface area contributed by atoms with E-state index in [2.05, 4.69) is 28.3 Å². The summed E-state index contributed by atoms with van der Waals surface area (Å²) >= 11 is 0. The lowest BCUT2D eigenvalue weighted by atomic mass is 9.70. The standard InChI is InChI=1S/C21H25F3N4/c1-4-28(17-6-5-15(13-25)18(11-17)21(22,23)24)19-12-16(7-8-20(19,2)3)27-10-9-26-14-27/h5-6,9-11,14,16,19H,4,7-8,12H2,1-3H3. The van der Waals surface area contributed by atoms with Crippen LogP contribution in [0.5, 0.6) is 0 Å². The van der Waals surface area contributed by atoms with Crippen LogP contribution in [0.4, 0.5) is 18.9 Å². The van der Waals surface area contributed by atoms with Crippen molar-refractivity contribution < 1.29 is 13.2 Å². The number of nitriles is 1. The Hall–Kier alpha value is -2.49. The fourth-order valence-corrected chi connectivity index (χ4v) is 4.33. The van der Waals surface area contributed by atoms with Crippen LogP contribution in [0.2, 0.25) is 0 Å². The Morgan fingerprint density at radius 1 is 1.36 bits per heavy atom. The predicted octanol–water partition coefficient (Wildman–Crippen LogP) is 5.42. The fraction of sp³-hybridized carbons (Fsp3) is 0.524. The molecule has 1 aromatic heterocycles. The van der Waals surface area contributed by atoms with E-state index in [1.54, 1.807) is 24.7 Å². The molecule has 0 amide bonds. The van der Waals surface area contributed by atoms with Gasteiger partial charge < -0.3 is 9.47 Å². The van der Waals surface area contributed by atoms with Crippen molar-refractivity contribution in [2.45, 2.75) is 58.3 Å². The number of benzene rings is 1. The van der Waals surface area contributed by atoms with Gasteiger partial charge >= 0.3 is 6.18 Å². The molecule has 1 aromatic carbocycles. The van der Waals surface area contributed by atoms with Gasteiger partial charge in [-0.2, -0.15) is 18.4 Å². The average Bonchev–Trinajstić information content (AvgIpc) is 3.17. The second kappa shape index (κ2) is 7.50. The molecule has 0 spiro atoms. The molecule has 0 N–H and O–H groups in total. The Balaban J connectivity index is 1.98. The lowest BCUT2D eigenvalue weighted by molar-refractivity contribution is -0.137. The van der Waals surface area contributed by atoms with E-state index >= 15 is 0 Å². The van der Waals surface area contributed by atoms with Crippen molar-refractivity contribution in [3.8, 4) is 6.07 Å². The van der Waals surface area contributed by atoms with Gasteiger partial charge in [-0.15, -0.1) is 0 Å². The summed E-state index contributed by atoms with van der Waals surface area (Å²) in [7, 11) is 0. The monoisotopic (exact) mass is 390 g/mol. The molecule has 28 heavy (non-hydrogen) atoms. The van der Waals surface area contributed by atoms with Gasteiger partial charge in [0.25, 0.3) is 0 Å². The van der Waals surface area contributed by atoms with Crippen molar-refractivity contribution in [2.24, 2.45) is 5.41 Å². The summed E-state index contributed by atoms with van der Waals surface area (Å²) in [5.41, 5.74) is -0.741. The molecule has 1 saturated carbocycles. The topological polar surface area (TPSA) is 44.9 Å². The molecule has 2 atom stereocenters. The molecule has 150 valence electrons. The zero-order chi connectivity index (χ0) is 20.5. The minimum atomic E-state index is -4.55. The Labute approximate surface area is 163 Å². The molecule has 3 rings (SSSR count). The summed E-state index contributed by atoms with van der Waals surface area (Å²) < 4.78 is 42.4. The first kappa shape index (κ1) is 20.2. The maximum atomic E-state index is 13.4. The Morgan fingerprint density at radius 3 is 2.68 bits per heavy atom. The van der Waals surface area contributed by atoms with Gasteiger partial charge in [-0.25, -0.2) is 4.98 Å². The number of hydrogen-bond donors (Lipinski definition) is 0. The smallest absolute Gasteiger partial charge is 0.368 e. The highest BCUT2D eigenvalue weighted by Gasteiger charge is 2.41. The number of halogens is 3. The van der Waals surface area contributed by atoms with E-state index in [1.165, 1.54) is 6.07 Å². The third kappa shape index (κ3) is 3.87. The molecular formula is C21H25F3N4. The number of nitrogens with zero attached hydrogens (tertiary/aromatic N) is 4. The van der Waals surface area contributed by atoms with Crippen LogP contribution >= 0.6 is 0 Å². The Morgan fingerprint density at radius 2 is 2.11 bits per heavy atom. The first-order valence-electron chi connectivity index (χ1n) is 9.53. The maximum absolute atomic E-state index is 13.4. The molecule has 2 aromatic rings. The van der Waals surface area contributed by atoms with Gasteiger partial charge in [-0.3, -0.25) is 0 Å². The van der Waals surface area contributed by atoms with Crippen LogP contribution in [0.1, 0.15) is 57.2 Å². The van der Waals surface area contributed by atoms with Crippen molar-refractivity contribution in [3.05, 3.63) is 48.0 Å². The maximum Gasteiger partial charge on any atom is 0.417 e. The summed E-state index contributed by atoms with van der Waals surface area (Å²) in [5, 5.41) is 9.07. The zero-order valence-electron chi connectivity index (χ0n) is 16.4. The van der Waals surface area contributed by atoms with Crippen molar-refractivity contribution in [1.29, 1.82) is 5.26 Å². The number of rotatable bonds is 4. The van der Waals surface area contributed by atoms with Crippen molar-refractivity contribution >= 4 is 5.69 Å². The summed E-state index contributed by atoms with van der Waals surface area (Å²) in [5.74, 6) is 0. The van der Waals surface area contributed by atoms with Crippen molar-refractivity contribution in [2.75, 3.05) is 11.4 Å². The van der Waals surface area contributed by atoms with E-state index < -0.39 is 11.7 Å². The number of aromatic nitrogens is 2. The molecule has 1 aliphatic rings. The van der Waals surface area contributed by atoms with Crippen molar-refractivity contribution in [3.63, 3.8) is 0 Å². The molecule has 0 radical (unpaired) electrons. The van der Waals surface area contributed by atoms with Gasteiger partial charge in [0.15, 0.2) is 0 Å². The third-order valence-corrected chi connectivity index (χ3v) is 5.94. The predicted molar refractivity (Wildman–Crippen MR) is 102 cm³/mol. The Kier molecular flexibility index (Phi) is 5.42. The summed E-state index contributed by atoms with van der Waals surface area (Å²) in [6, 6.07) is 6.05. The molecular weight excluding hydrogens is 365 g/mol. The van der Waals surface area contributed by atoms with Crippen LogP contribution in [0.15, 0.2) is 36.9 Å². The molecule has 1 heterocycles. The number of imidazole rings is 1. The van der Waals surface area contributed by atoms with Crippen LogP contribution in [-0.2, 0) is 6.18 Å². The highest BCUT2D eigenvalue weighted by Crippen LogP contribution is 2.45. The molecule has 4 nitrogen and oxygen atoms in total. The quantitative estimate of drug-likeness (QED) is 0.700. The molecule has 1 fully saturated rings. The minimum absolute atomic E-state index is 0.0423. The highest BCUT2D eigenvalue weighted by molar-refractivity contribution is 5.55. The van der Waals surface area contributed by atoms with Gasteiger partial charge in [-0.05, 0) is 49.8 Å². The number of hydrogen-bond acceptors (Lipinski definition) is 3. The average molecular weight is 390 g/mol. The van der Waals surface area contributed by atoms with Gasteiger partial charge in [0, 0.05) is 36.7 Å². The molecule has 0 bridgehead atoms. The fourth-order valence-electron chi connectivity index (χ4n) is 4.33. The molecule has 0 saturated heterocycles. The SMILES string of the molecule is CCN(c1ccc(C#N)c(C(F)(F)F)c1)C1CC(n2ccnc2)CCC1(C)C. The summed E-state index contributed by atoms with van der Waals surface area (Å²) in [6.45, 7) is 6.91. The van der Waals surface area contributed by atoms with Gasteiger partial charge in [0.1, 0.15) is 0 Å². The van der Waals surface area contributed by atoms with E-state index in [-0.39, 0.29) is 23.1 Å². The third-order valence-electron chi connectivity index (χ3n) is 5.94. The Bertz CT molecular complexity index is 850. The van der Waals surface area contributed by atoms with E-state index in [0.29, 0.717) is 12.2 Å². The first-order chi connectivity index (χ1) is 13.2. The normalized spacial score (nSPS) is 21.9. The van der Waals surface area contributed by atoms with Crippen LogP contribution in [-0.4, -0.2) is 22.1 Å². The molecule has 0 aliphatic heterocycles. The van der Waals surface area contributed by atoms with Gasteiger partial charge in [0.2, 0.25) is 0 Å². The second-order valence-corrected chi connectivity index (χ2v) is 8.07. The van der Waals surface area contributed by atoms with E-state index in [9.17, 15) is 13.2 Å². The lowest BCUT2D eigenvalue weighted by Gasteiger charge is -2.48. The summed E-state index contributed by atoms with van der Waals surface area (Å²) in [6.07, 6.45) is 3.76. The largest absolute Gasteiger partial charge is 0.417 e. The van der Waals surface area contributed by atoms with Crippen molar-refractivity contribution in [1.82, 2.24) is 9.55 Å². The van der Waals surface area contributed by atoms with Gasteiger partial charge in [0.05, 0.1) is 23.5 Å². The zero-order valence-corrected chi connectivity index (χ0v) is 16.4. The van der Waals surface area contributed by atoms with E-state index in [1.807, 2.05) is 13.1 Å². The minimum Gasteiger partial charge on any atom is -0.368 e. The van der Waals surface area contributed by atoms with Crippen LogP contribution in [0.3, 0.4) is 0 Å². The first-order valence-corrected chi connectivity index (χ1v) is 9.53. The number of alkyl halides is 3. The van der Waals surface area contributed by atoms with Crippen LogP contribution in [0.25, 0.3) is 0 Å². The molecule has 7 heteroatoms. The van der Waals surface area contributed by atoms with Crippen LogP contribution in [0, 0.1) is 16.7 Å². The molecule has 2 unspecified atom stereocenters. The van der Waals surface area contributed by atoms with Crippen LogP contribution < -0.4 is 4.90 Å². The molecule has 1 aliphatic carbocycles. The van der Waals surface area contributed by atoms with Gasteiger partial charge in [-0.1, -0.05) is 13.8 Å². The number of anilines is 1. The summed E-state index contributed by atoms with van der Waals surface area (Å²) in [4.78, 5) is 6.19. The van der Waals surface area contributed by atoms with E-state index in [0.717, 1.165) is 25.3 Å². The van der Waals surface area contributed by atoms with E-state index in [4.69, 9.17) is 5.26 Å².